The predicted molar refractivity (Wildman–Crippen MR) is 90.0 cm³/mol. The van der Waals surface area contributed by atoms with Crippen molar-refractivity contribution in [2.75, 3.05) is 13.7 Å². The van der Waals surface area contributed by atoms with Crippen LogP contribution in [0, 0.1) is 5.92 Å². The number of hydrogen-bond acceptors (Lipinski definition) is 5. The number of alkyl halides is 3. The molecule has 1 N–H and O–H groups in total. The maximum Gasteiger partial charge on any atom is 0.400 e. The number of nitrogens with zero attached hydrogens (tertiary/aromatic N) is 2. The number of carbonyl (C=O) groups is 1. The van der Waals surface area contributed by atoms with Gasteiger partial charge >= 0.3 is 6.18 Å². The molecule has 0 aliphatic carbocycles. The smallest absolute Gasteiger partial charge is 0.400 e. The first-order valence-electron chi connectivity index (χ1n) is 7.97. The highest BCUT2D eigenvalue weighted by atomic mass is 32.1. The highest BCUT2D eigenvalue weighted by Crippen LogP contribution is 2.36. The molecule has 1 aliphatic rings. The summed E-state index contributed by atoms with van der Waals surface area (Å²) in [5.74, 6) is -2.50. The normalized spacial score (nSPS) is 18.2. The number of halogens is 3. The number of carbonyl (C=O) groups excluding carboxylic acids is 1. The zero-order chi connectivity index (χ0) is 18.9. The number of aromatic hydroxyl groups is 1. The van der Waals surface area contributed by atoms with E-state index < -0.39 is 18.0 Å². The Morgan fingerprint density at radius 2 is 2.19 bits per heavy atom. The second-order valence-corrected chi connectivity index (χ2v) is 6.88. The molecule has 3 rings (SSSR count). The van der Waals surface area contributed by atoms with Gasteiger partial charge in [0.1, 0.15) is 10.9 Å². The monoisotopic (exact) mass is 386 g/mol. The number of hydrogen-bond donors (Lipinski definition) is 1. The number of amides is 1. The number of ether oxygens (including phenoxy) is 1. The first kappa shape index (κ1) is 18.5. The van der Waals surface area contributed by atoms with Gasteiger partial charge in [0.05, 0.1) is 19.3 Å². The van der Waals surface area contributed by atoms with E-state index in [0.717, 1.165) is 0 Å². The average molecular weight is 386 g/mol. The molecule has 1 aromatic carbocycles. The molecule has 26 heavy (non-hydrogen) atoms. The van der Waals surface area contributed by atoms with Crippen molar-refractivity contribution in [3.8, 4) is 22.1 Å². The Labute approximate surface area is 152 Å². The van der Waals surface area contributed by atoms with E-state index in [2.05, 4.69) is 4.98 Å². The van der Waals surface area contributed by atoms with Crippen LogP contribution < -0.4 is 4.74 Å². The number of phenols is 1. The second kappa shape index (κ2) is 7.14. The van der Waals surface area contributed by atoms with E-state index in [9.17, 15) is 23.1 Å². The molecule has 0 radical (unpaired) electrons. The topological polar surface area (TPSA) is 62.7 Å². The van der Waals surface area contributed by atoms with E-state index in [1.807, 2.05) is 0 Å². The van der Waals surface area contributed by atoms with Crippen molar-refractivity contribution in [1.82, 2.24) is 9.88 Å². The van der Waals surface area contributed by atoms with Crippen molar-refractivity contribution in [2.24, 2.45) is 5.92 Å². The predicted octanol–water partition coefficient (Wildman–Crippen LogP) is 3.83. The molecule has 2 aromatic rings. The molecule has 2 heterocycles. The van der Waals surface area contributed by atoms with Crippen LogP contribution in [0.4, 0.5) is 13.2 Å². The maximum atomic E-state index is 12.9. The zero-order valence-electron chi connectivity index (χ0n) is 13.9. The fourth-order valence-electron chi connectivity index (χ4n) is 2.92. The third-order valence-electron chi connectivity index (χ3n) is 4.26. The van der Waals surface area contributed by atoms with Crippen molar-refractivity contribution in [1.29, 1.82) is 0 Å². The van der Waals surface area contributed by atoms with Crippen molar-refractivity contribution < 1.29 is 27.8 Å². The zero-order valence-corrected chi connectivity index (χ0v) is 14.7. The van der Waals surface area contributed by atoms with Crippen LogP contribution in [0.3, 0.4) is 0 Å². The Balaban J connectivity index is 1.75. The molecule has 0 bridgehead atoms. The third-order valence-corrected chi connectivity index (χ3v) is 5.20. The molecule has 0 saturated carbocycles. The van der Waals surface area contributed by atoms with Gasteiger partial charge in [-0.1, -0.05) is 0 Å². The van der Waals surface area contributed by atoms with E-state index in [1.165, 1.54) is 29.4 Å². The summed E-state index contributed by atoms with van der Waals surface area (Å²) in [4.78, 5) is 17.7. The van der Waals surface area contributed by atoms with Gasteiger partial charge in [-0.2, -0.15) is 13.2 Å². The van der Waals surface area contributed by atoms with E-state index in [4.69, 9.17) is 4.74 Å². The van der Waals surface area contributed by atoms with Crippen LogP contribution in [-0.2, 0) is 11.3 Å². The van der Waals surface area contributed by atoms with Gasteiger partial charge in [-0.3, -0.25) is 4.79 Å². The van der Waals surface area contributed by atoms with Crippen molar-refractivity contribution in [3.05, 3.63) is 29.3 Å². The van der Waals surface area contributed by atoms with Crippen molar-refractivity contribution in [2.45, 2.75) is 25.6 Å². The van der Waals surface area contributed by atoms with Gasteiger partial charge < -0.3 is 14.7 Å². The number of rotatable bonds is 4. The highest BCUT2D eigenvalue weighted by Gasteiger charge is 2.47. The quantitative estimate of drug-likeness (QED) is 0.868. The van der Waals surface area contributed by atoms with Crippen LogP contribution in [-0.4, -0.2) is 40.7 Å². The Morgan fingerprint density at radius 1 is 1.42 bits per heavy atom. The minimum atomic E-state index is -4.51. The van der Waals surface area contributed by atoms with Crippen molar-refractivity contribution in [3.63, 3.8) is 0 Å². The molecule has 1 atom stereocenters. The third kappa shape index (κ3) is 3.77. The van der Waals surface area contributed by atoms with Crippen LogP contribution >= 0.6 is 11.3 Å². The van der Waals surface area contributed by atoms with Gasteiger partial charge in [0.25, 0.3) is 0 Å². The fourth-order valence-corrected chi connectivity index (χ4v) is 3.73. The van der Waals surface area contributed by atoms with E-state index >= 15 is 0 Å². The molecule has 140 valence electrons. The summed E-state index contributed by atoms with van der Waals surface area (Å²) in [6.07, 6.45) is -4.35. The lowest BCUT2D eigenvalue weighted by Gasteiger charge is -2.32. The largest absolute Gasteiger partial charge is 0.504 e. The van der Waals surface area contributed by atoms with Gasteiger partial charge in [-0.25, -0.2) is 4.98 Å². The second-order valence-electron chi connectivity index (χ2n) is 6.03. The number of aromatic nitrogens is 1. The van der Waals surface area contributed by atoms with E-state index in [0.29, 0.717) is 35.0 Å². The first-order valence-corrected chi connectivity index (χ1v) is 8.85. The molecule has 5 nitrogen and oxygen atoms in total. The van der Waals surface area contributed by atoms with Crippen LogP contribution in [0.25, 0.3) is 10.6 Å². The van der Waals surface area contributed by atoms with Gasteiger partial charge in [-0.15, -0.1) is 11.3 Å². The Morgan fingerprint density at radius 3 is 2.88 bits per heavy atom. The Kier molecular flexibility index (Phi) is 5.08. The number of methoxy groups -OCH3 is 1. The molecule has 1 unspecified atom stereocenters. The minimum absolute atomic E-state index is 0.00476. The molecule has 1 amide bonds. The molecular formula is C17H17F3N2O3S. The number of thiazole rings is 1. The van der Waals surface area contributed by atoms with Crippen LogP contribution in [0.1, 0.15) is 18.5 Å². The number of piperidine rings is 1. The SMILES string of the molecule is COc1cc(-c2nc(CN3CCCC(C(F)(F)F)C3=O)cs2)ccc1O. The molecule has 1 aromatic heterocycles. The lowest BCUT2D eigenvalue weighted by Crippen LogP contribution is -2.46. The van der Waals surface area contributed by atoms with Crippen molar-refractivity contribution >= 4 is 17.2 Å². The molecule has 1 fully saturated rings. The van der Waals surface area contributed by atoms with Crippen LogP contribution in [0.5, 0.6) is 11.5 Å². The minimum Gasteiger partial charge on any atom is -0.504 e. The average Bonchev–Trinajstić information content (AvgIpc) is 3.04. The van der Waals surface area contributed by atoms with Gasteiger partial charge in [0.2, 0.25) is 5.91 Å². The molecule has 9 heteroatoms. The molecule has 1 saturated heterocycles. The van der Waals surface area contributed by atoms with Gasteiger partial charge in [-0.05, 0) is 31.0 Å². The van der Waals surface area contributed by atoms with Crippen LogP contribution in [0.15, 0.2) is 23.6 Å². The van der Waals surface area contributed by atoms with Gasteiger partial charge in [0.15, 0.2) is 11.5 Å². The highest BCUT2D eigenvalue weighted by molar-refractivity contribution is 7.13. The summed E-state index contributed by atoms with van der Waals surface area (Å²) in [6.45, 7) is 0.350. The maximum absolute atomic E-state index is 12.9. The lowest BCUT2D eigenvalue weighted by molar-refractivity contribution is -0.195. The summed E-state index contributed by atoms with van der Waals surface area (Å²) >= 11 is 1.32. The fraction of sp³-hybridized carbons (Fsp3) is 0.412. The van der Waals surface area contributed by atoms with Gasteiger partial charge in [0, 0.05) is 17.5 Å². The summed E-state index contributed by atoms with van der Waals surface area (Å²) in [7, 11) is 1.44. The standard InChI is InChI=1S/C17H17F3N2O3S/c1-25-14-7-10(4-5-13(14)23)15-21-11(9-26-15)8-22-6-2-3-12(16(22)24)17(18,19)20/h4-5,7,9,12,23H,2-3,6,8H2,1H3. The van der Waals surface area contributed by atoms with E-state index in [-0.39, 0.29) is 18.7 Å². The number of likely N-dealkylation sites (tertiary alicyclic amines) is 1. The van der Waals surface area contributed by atoms with E-state index in [1.54, 1.807) is 17.5 Å². The Bertz CT molecular complexity index is 807. The Hall–Kier alpha value is -2.29. The lowest BCUT2D eigenvalue weighted by atomic mass is 9.96. The number of phenolic OH excluding ortho intramolecular Hbond substituents is 1. The summed E-state index contributed by atoms with van der Waals surface area (Å²) in [5, 5.41) is 12.0. The summed E-state index contributed by atoms with van der Waals surface area (Å²) < 4.78 is 43.9. The summed E-state index contributed by atoms with van der Waals surface area (Å²) in [6, 6.07) is 4.78. The van der Waals surface area contributed by atoms with Crippen LogP contribution in [0.2, 0.25) is 0 Å². The number of benzene rings is 1. The first-order chi connectivity index (χ1) is 12.3. The molecular weight excluding hydrogens is 369 g/mol. The summed E-state index contributed by atoms with van der Waals surface area (Å²) in [5.41, 5.74) is 1.25. The molecule has 0 spiro atoms. The molecule has 1 aliphatic heterocycles.